The summed E-state index contributed by atoms with van der Waals surface area (Å²) in [6, 6.07) is 16.7. The molecule has 6 nitrogen and oxygen atoms in total. The second-order valence-electron chi connectivity index (χ2n) is 6.87. The summed E-state index contributed by atoms with van der Waals surface area (Å²) in [6.45, 7) is 2.12. The number of fused-ring (bicyclic) bond motifs is 1. The molecule has 0 radical (unpaired) electrons. The predicted molar refractivity (Wildman–Crippen MR) is 108 cm³/mol. The first-order valence-corrected chi connectivity index (χ1v) is 9.63. The number of hydrogen-bond donors (Lipinski definition) is 1. The van der Waals surface area contributed by atoms with Crippen molar-refractivity contribution < 1.29 is 14.3 Å². The van der Waals surface area contributed by atoms with Crippen molar-refractivity contribution in [3.63, 3.8) is 0 Å². The number of anilines is 1. The largest absolute Gasteiger partial charge is 0.445 e. The van der Waals surface area contributed by atoms with E-state index in [0.29, 0.717) is 24.3 Å². The van der Waals surface area contributed by atoms with Crippen LogP contribution in [0, 0.1) is 0 Å². The molecule has 3 aromatic rings. The average molecular weight is 440 g/mol. The van der Waals surface area contributed by atoms with Gasteiger partial charge in [-0.15, -0.1) is 0 Å². The number of cyclic esters (lactones) is 1. The second-order valence-corrected chi connectivity index (χ2v) is 7.73. The zero-order chi connectivity index (χ0) is 19.7. The molecule has 0 bridgehead atoms. The molecule has 1 unspecified atom stereocenters. The van der Waals surface area contributed by atoms with E-state index in [1.807, 2.05) is 36.4 Å². The molecule has 28 heavy (non-hydrogen) atoms. The topological polar surface area (TPSA) is 73.2 Å². The summed E-state index contributed by atoms with van der Waals surface area (Å²) >= 11 is 3.52. The molecular weight excluding hydrogens is 422 g/mol. The number of nitrogens with zero attached hydrogens (tertiary/aromatic N) is 2. The molecule has 4 rings (SSSR count). The van der Waals surface area contributed by atoms with E-state index in [9.17, 15) is 9.59 Å². The monoisotopic (exact) mass is 439 g/mol. The van der Waals surface area contributed by atoms with Gasteiger partial charge in [-0.2, -0.15) is 5.10 Å². The van der Waals surface area contributed by atoms with Gasteiger partial charge in [-0.25, -0.2) is 9.48 Å². The predicted octanol–water partition coefficient (Wildman–Crippen LogP) is 3.80. The number of ether oxygens (including phenoxy) is 1. The molecule has 142 valence electrons. The van der Waals surface area contributed by atoms with E-state index >= 15 is 0 Å². The molecule has 1 amide bonds. The SMILES string of the molecule is CC1(C(=O)Nc2ccnn2Cc2ccccc2Br)Cc2ccccc2C(=O)O1. The molecular formula is C21H18BrN3O3. The van der Waals surface area contributed by atoms with Crippen LogP contribution < -0.4 is 5.32 Å². The highest BCUT2D eigenvalue weighted by molar-refractivity contribution is 9.10. The van der Waals surface area contributed by atoms with Crippen molar-refractivity contribution in [3.8, 4) is 0 Å². The Kier molecular flexibility index (Phi) is 4.77. The zero-order valence-corrected chi connectivity index (χ0v) is 16.8. The maximum atomic E-state index is 13.0. The Morgan fingerprint density at radius 2 is 1.96 bits per heavy atom. The van der Waals surface area contributed by atoms with Crippen LogP contribution in [0.4, 0.5) is 5.82 Å². The molecule has 0 aliphatic carbocycles. The van der Waals surface area contributed by atoms with Gasteiger partial charge in [-0.3, -0.25) is 4.79 Å². The summed E-state index contributed by atoms with van der Waals surface area (Å²) in [5.41, 5.74) is 1.06. The van der Waals surface area contributed by atoms with Gasteiger partial charge in [0.1, 0.15) is 5.82 Å². The highest BCUT2D eigenvalue weighted by atomic mass is 79.9. The molecule has 2 heterocycles. The third-order valence-electron chi connectivity index (χ3n) is 4.80. The molecule has 0 saturated carbocycles. The van der Waals surface area contributed by atoms with Crippen molar-refractivity contribution in [3.05, 3.63) is 82.0 Å². The van der Waals surface area contributed by atoms with Crippen molar-refractivity contribution in [1.29, 1.82) is 0 Å². The van der Waals surface area contributed by atoms with Crippen LogP contribution in [0.3, 0.4) is 0 Å². The minimum absolute atomic E-state index is 0.319. The number of rotatable bonds is 4. The van der Waals surface area contributed by atoms with Gasteiger partial charge in [0.05, 0.1) is 18.3 Å². The van der Waals surface area contributed by atoms with Crippen LogP contribution in [0.5, 0.6) is 0 Å². The minimum Gasteiger partial charge on any atom is -0.445 e. The highest BCUT2D eigenvalue weighted by Gasteiger charge is 2.42. The molecule has 0 saturated heterocycles. The summed E-state index contributed by atoms with van der Waals surface area (Å²) in [7, 11) is 0. The molecule has 1 aromatic heterocycles. The Morgan fingerprint density at radius 1 is 1.21 bits per heavy atom. The Balaban J connectivity index is 1.54. The van der Waals surface area contributed by atoms with E-state index in [0.717, 1.165) is 15.6 Å². The normalized spacial score (nSPS) is 18.3. The van der Waals surface area contributed by atoms with Crippen LogP contribution >= 0.6 is 15.9 Å². The fraction of sp³-hybridized carbons (Fsp3) is 0.190. The van der Waals surface area contributed by atoms with Gasteiger partial charge in [0.2, 0.25) is 0 Å². The van der Waals surface area contributed by atoms with Gasteiger partial charge in [0.15, 0.2) is 5.60 Å². The number of aromatic nitrogens is 2. The number of amides is 1. The summed E-state index contributed by atoms with van der Waals surface area (Å²) in [5.74, 6) is -0.331. The molecule has 1 aliphatic rings. The third-order valence-corrected chi connectivity index (χ3v) is 5.57. The number of carbonyl (C=O) groups excluding carboxylic acids is 2. The summed E-state index contributed by atoms with van der Waals surface area (Å²) in [4.78, 5) is 25.3. The van der Waals surface area contributed by atoms with Crippen molar-refractivity contribution in [2.24, 2.45) is 0 Å². The van der Waals surface area contributed by atoms with Gasteiger partial charge in [0, 0.05) is 17.0 Å². The number of halogens is 1. The lowest BCUT2D eigenvalue weighted by molar-refractivity contribution is -0.134. The van der Waals surface area contributed by atoms with Crippen LogP contribution in [-0.4, -0.2) is 27.3 Å². The van der Waals surface area contributed by atoms with Crippen molar-refractivity contribution in [1.82, 2.24) is 9.78 Å². The van der Waals surface area contributed by atoms with Gasteiger partial charge in [-0.1, -0.05) is 52.3 Å². The van der Waals surface area contributed by atoms with Crippen LogP contribution in [0.1, 0.15) is 28.4 Å². The molecule has 7 heteroatoms. The lowest BCUT2D eigenvalue weighted by Gasteiger charge is -2.33. The van der Waals surface area contributed by atoms with Crippen molar-refractivity contribution in [2.75, 3.05) is 5.32 Å². The van der Waals surface area contributed by atoms with Crippen LogP contribution in [0.25, 0.3) is 0 Å². The minimum atomic E-state index is -1.28. The molecule has 2 aromatic carbocycles. The number of nitrogens with one attached hydrogen (secondary N) is 1. The maximum absolute atomic E-state index is 13.0. The summed E-state index contributed by atoms with van der Waals surface area (Å²) in [5, 5.41) is 7.16. The lowest BCUT2D eigenvalue weighted by Crippen LogP contribution is -2.49. The van der Waals surface area contributed by atoms with Gasteiger partial charge < -0.3 is 10.1 Å². The van der Waals surface area contributed by atoms with E-state index in [1.165, 1.54) is 0 Å². The Bertz CT molecular complexity index is 1060. The van der Waals surface area contributed by atoms with E-state index < -0.39 is 11.6 Å². The van der Waals surface area contributed by atoms with Crippen molar-refractivity contribution >= 4 is 33.6 Å². The summed E-state index contributed by atoms with van der Waals surface area (Å²) < 4.78 is 8.16. The van der Waals surface area contributed by atoms with E-state index in [1.54, 1.807) is 36.0 Å². The molecule has 1 aliphatic heterocycles. The number of hydrogen-bond acceptors (Lipinski definition) is 4. The Hall–Kier alpha value is -2.93. The first-order chi connectivity index (χ1) is 13.5. The van der Waals surface area contributed by atoms with Crippen LogP contribution in [-0.2, 0) is 22.5 Å². The zero-order valence-electron chi connectivity index (χ0n) is 15.2. The Morgan fingerprint density at radius 3 is 2.79 bits per heavy atom. The fourth-order valence-electron chi connectivity index (χ4n) is 3.26. The number of esters is 1. The Labute approximate surface area is 170 Å². The fourth-order valence-corrected chi connectivity index (χ4v) is 3.67. The van der Waals surface area contributed by atoms with Crippen LogP contribution in [0.15, 0.2) is 65.3 Å². The van der Waals surface area contributed by atoms with E-state index in [-0.39, 0.29) is 5.91 Å². The van der Waals surface area contributed by atoms with E-state index in [2.05, 4.69) is 26.3 Å². The molecule has 1 atom stereocenters. The van der Waals surface area contributed by atoms with E-state index in [4.69, 9.17) is 4.74 Å². The average Bonchev–Trinajstić information content (AvgIpc) is 3.10. The van der Waals surface area contributed by atoms with Gasteiger partial charge in [-0.05, 0) is 30.2 Å². The quantitative estimate of drug-likeness (QED) is 0.627. The highest BCUT2D eigenvalue weighted by Crippen LogP contribution is 2.29. The maximum Gasteiger partial charge on any atom is 0.339 e. The second kappa shape index (κ2) is 7.24. The van der Waals surface area contributed by atoms with Crippen molar-refractivity contribution in [2.45, 2.75) is 25.5 Å². The third kappa shape index (κ3) is 3.45. The standard InChI is InChI=1S/C21H18BrN3O3/c1-21(12-14-6-2-4-8-16(14)19(26)28-21)20(27)24-18-10-11-23-25(18)13-15-7-3-5-9-17(15)22/h2-11H,12-13H2,1H3,(H,24,27). The first-order valence-electron chi connectivity index (χ1n) is 8.84. The van der Waals surface area contributed by atoms with Gasteiger partial charge >= 0.3 is 5.97 Å². The lowest BCUT2D eigenvalue weighted by atomic mass is 9.89. The molecule has 0 fully saturated rings. The van der Waals surface area contributed by atoms with Gasteiger partial charge in [0.25, 0.3) is 5.91 Å². The number of carbonyl (C=O) groups is 2. The number of benzene rings is 2. The van der Waals surface area contributed by atoms with Crippen LogP contribution in [0.2, 0.25) is 0 Å². The first kappa shape index (κ1) is 18.4. The molecule has 1 N–H and O–H groups in total. The smallest absolute Gasteiger partial charge is 0.339 e. The summed E-state index contributed by atoms with van der Waals surface area (Å²) in [6.07, 6.45) is 1.94. The molecule has 0 spiro atoms.